The average molecular weight is 460 g/mol. The zero-order chi connectivity index (χ0) is 24.4. The van der Waals surface area contributed by atoms with Crippen LogP contribution in [0.25, 0.3) is 6.08 Å². The smallest absolute Gasteiger partial charge is 0.343 e. The van der Waals surface area contributed by atoms with E-state index in [1.165, 1.54) is 21.3 Å². The lowest BCUT2D eigenvalue weighted by Gasteiger charge is -2.14. The maximum Gasteiger partial charge on any atom is 0.343 e. The zero-order valence-corrected chi connectivity index (χ0v) is 19.6. The van der Waals surface area contributed by atoms with E-state index in [0.717, 1.165) is 5.56 Å². The van der Waals surface area contributed by atoms with E-state index in [1.54, 1.807) is 49.4 Å². The van der Waals surface area contributed by atoms with Crippen molar-refractivity contribution in [2.45, 2.75) is 13.8 Å². The Morgan fingerprint density at radius 1 is 0.824 bits per heavy atom. The first-order valence-electron chi connectivity index (χ1n) is 10.5. The van der Waals surface area contributed by atoms with E-state index in [4.69, 9.17) is 23.7 Å². The van der Waals surface area contributed by atoms with Crippen LogP contribution in [0.2, 0.25) is 0 Å². The Morgan fingerprint density at radius 2 is 1.50 bits per heavy atom. The molecule has 3 aromatic carbocycles. The molecule has 7 nitrogen and oxygen atoms in total. The second-order valence-electron chi connectivity index (χ2n) is 7.68. The summed E-state index contributed by atoms with van der Waals surface area (Å²) in [5.74, 6) is 1.33. The molecule has 0 fully saturated rings. The van der Waals surface area contributed by atoms with E-state index in [2.05, 4.69) is 0 Å². The van der Waals surface area contributed by atoms with Crippen molar-refractivity contribution in [2.24, 2.45) is 0 Å². The van der Waals surface area contributed by atoms with Gasteiger partial charge in [0.25, 0.3) is 0 Å². The van der Waals surface area contributed by atoms with Crippen molar-refractivity contribution in [3.05, 3.63) is 82.1 Å². The van der Waals surface area contributed by atoms with E-state index in [0.29, 0.717) is 51.0 Å². The number of Topliss-reactive ketones (excluding diaryl/α,β-unsaturated/α-hetero) is 1. The Kier molecular flexibility index (Phi) is 6.27. The van der Waals surface area contributed by atoms with Crippen molar-refractivity contribution in [1.82, 2.24) is 0 Å². The third kappa shape index (κ3) is 4.08. The molecule has 0 N–H and O–H groups in total. The topological polar surface area (TPSA) is 80.3 Å². The molecule has 0 atom stereocenters. The summed E-state index contributed by atoms with van der Waals surface area (Å²) in [7, 11) is 4.54. The molecule has 0 bridgehead atoms. The molecular formula is C27H24O7. The van der Waals surface area contributed by atoms with Crippen molar-refractivity contribution in [3.8, 4) is 28.7 Å². The highest BCUT2D eigenvalue weighted by atomic mass is 16.5. The van der Waals surface area contributed by atoms with Gasteiger partial charge in [-0.15, -0.1) is 0 Å². The quantitative estimate of drug-likeness (QED) is 0.285. The molecule has 0 saturated heterocycles. The largest absolute Gasteiger partial charge is 0.493 e. The fourth-order valence-corrected chi connectivity index (χ4v) is 3.71. The summed E-state index contributed by atoms with van der Waals surface area (Å²) in [6.07, 6.45) is 1.58. The van der Waals surface area contributed by atoms with Crippen LogP contribution in [-0.2, 0) is 0 Å². The van der Waals surface area contributed by atoms with Gasteiger partial charge in [-0.25, -0.2) is 4.79 Å². The Morgan fingerprint density at radius 3 is 2.15 bits per heavy atom. The number of hydrogen-bond acceptors (Lipinski definition) is 7. The molecule has 0 amide bonds. The molecule has 3 aromatic rings. The number of ether oxygens (including phenoxy) is 5. The molecule has 1 heterocycles. The van der Waals surface area contributed by atoms with Gasteiger partial charge in [-0.3, -0.25) is 4.79 Å². The van der Waals surface area contributed by atoms with Crippen LogP contribution < -0.4 is 23.7 Å². The van der Waals surface area contributed by atoms with Crippen molar-refractivity contribution >= 4 is 17.8 Å². The highest BCUT2D eigenvalue weighted by Gasteiger charge is 2.31. The van der Waals surface area contributed by atoms with Crippen molar-refractivity contribution in [2.75, 3.05) is 21.3 Å². The highest BCUT2D eigenvalue weighted by molar-refractivity contribution is 6.15. The minimum Gasteiger partial charge on any atom is -0.493 e. The zero-order valence-electron chi connectivity index (χ0n) is 19.6. The molecule has 174 valence electrons. The summed E-state index contributed by atoms with van der Waals surface area (Å²) in [6.45, 7) is 3.68. The molecule has 0 saturated carbocycles. The Bertz CT molecular complexity index is 1300. The molecule has 0 spiro atoms. The molecule has 4 rings (SSSR count). The predicted octanol–water partition coefficient (Wildman–Crippen LogP) is 5.16. The lowest BCUT2D eigenvalue weighted by Crippen LogP contribution is -2.09. The molecule has 0 radical (unpaired) electrons. The minimum atomic E-state index is -0.488. The SMILES string of the molecule is COc1ccc(/C=C2\Oc3c(ccc(OC(=O)c4ccc(C)cc4)c3C)C2=O)c(OC)c1OC. The summed E-state index contributed by atoms with van der Waals surface area (Å²) < 4.78 is 27.7. The third-order valence-corrected chi connectivity index (χ3v) is 5.55. The average Bonchev–Trinajstić information content (AvgIpc) is 3.16. The van der Waals surface area contributed by atoms with E-state index in [9.17, 15) is 9.59 Å². The number of ketones is 1. The van der Waals surface area contributed by atoms with Crippen LogP contribution in [0.3, 0.4) is 0 Å². The predicted molar refractivity (Wildman–Crippen MR) is 126 cm³/mol. The summed E-state index contributed by atoms with van der Waals surface area (Å²) in [4.78, 5) is 25.6. The normalized spacial score (nSPS) is 13.3. The summed E-state index contributed by atoms with van der Waals surface area (Å²) >= 11 is 0. The lowest BCUT2D eigenvalue weighted by atomic mass is 10.1. The van der Waals surface area contributed by atoms with Gasteiger partial charge in [0.1, 0.15) is 11.5 Å². The molecule has 34 heavy (non-hydrogen) atoms. The van der Waals surface area contributed by atoms with Gasteiger partial charge >= 0.3 is 5.97 Å². The molecule has 7 heteroatoms. The van der Waals surface area contributed by atoms with Gasteiger partial charge in [0.05, 0.1) is 32.5 Å². The van der Waals surface area contributed by atoms with Crippen LogP contribution in [0, 0.1) is 13.8 Å². The van der Waals surface area contributed by atoms with Crippen LogP contribution in [0.1, 0.15) is 37.4 Å². The lowest BCUT2D eigenvalue weighted by molar-refractivity contribution is 0.0733. The monoisotopic (exact) mass is 460 g/mol. The molecule has 0 aromatic heterocycles. The van der Waals surface area contributed by atoms with Gasteiger partial charge < -0.3 is 23.7 Å². The van der Waals surface area contributed by atoms with E-state index in [1.807, 2.05) is 19.1 Å². The van der Waals surface area contributed by atoms with E-state index >= 15 is 0 Å². The third-order valence-electron chi connectivity index (χ3n) is 5.55. The number of allylic oxidation sites excluding steroid dienone is 1. The van der Waals surface area contributed by atoms with Crippen molar-refractivity contribution < 1.29 is 33.3 Å². The van der Waals surface area contributed by atoms with Crippen LogP contribution in [0.4, 0.5) is 0 Å². The number of fused-ring (bicyclic) bond motifs is 1. The van der Waals surface area contributed by atoms with Crippen molar-refractivity contribution in [3.63, 3.8) is 0 Å². The number of aryl methyl sites for hydroxylation is 1. The molecule has 0 unspecified atom stereocenters. The Balaban J connectivity index is 1.65. The number of hydrogen-bond donors (Lipinski definition) is 0. The first-order valence-corrected chi connectivity index (χ1v) is 10.5. The van der Waals surface area contributed by atoms with Crippen LogP contribution in [0.5, 0.6) is 28.7 Å². The maximum absolute atomic E-state index is 13.0. The van der Waals surface area contributed by atoms with Gasteiger partial charge in [0, 0.05) is 11.1 Å². The number of methoxy groups -OCH3 is 3. The van der Waals surface area contributed by atoms with Gasteiger partial charge in [-0.2, -0.15) is 0 Å². The number of esters is 1. The first kappa shape index (κ1) is 22.9. The second-order valence-corrected chi connectivity index (χ2v) is 7.68. The fraction of sp³-hybridized carbons (Fsp3) is 0.185. The Hall–Kier alpha value is -4.26. The number of carbonyl (C=O) groups excluding carboxylic acids is 2. The standard InChI is InChI=1S/C27H24O7/c1-15-6-8-17(9-7-15)27(29)34-20-13-11-19-23(28)22(33-24(19)16(20)2)14-18-10-12-21(30-3)26(32-5)25(18)31-4/h6-14H,1-5H3/b22-14-. The van der Waals surface area contributed by atoms with Crippen LogP contribution in [-0.4, -0.2) is 33.1 Å². The minimum absolute atomic E-state index is 0.116. The van der Waals surface area contributed by atoms with Gasteiger partial charge in [0.2, 0.25) is 11.5 Å². The second kappa shape index (κ2) is 9.31. The van der Waals surface area contributed by atoms with E-state index in [-0.39, 0.29) is 11.5 Å². The van der Waals surface area contributed by atoms with Crippen molar-refractivity contribution in [1.29, 1.82) is 0 Å². The number of carbonyl (C=O) groups is 2. The van der Waals surface area contributed by atoms with Gasteiger partial charge in [0.15, 0.2) is 17.3 Å². The van der Waals surface area contributed by atoms with Crippen LogP contribution in [0.15, 0.2) is 54.3 Å². The molecular weight excluding hydrogens is 436 g/mol. The summed E-state index contributed by atoms with van der Waals surface area (Å²) in [5, 5.41) is 0. The van der Waals surface area contributed by atoms with Gasteiger partial charge in [-0.05, 0) is 56.3 Å². The summed E-state index contributed by atoms with van der Waals surface area (Å²) in [5.41, 5.74) is 3.00. The highest BCUT2D eigenvalue weighted by Crippen LogP contribution is 2.43. The molecule has 0 aliphatic carbocycles. The van der Waals surface area contributed by atoms with Crippen LogP contribution >= 0.6 is 0 Å². The van der Waals surface area contributed by atoms with Gasteiger partial charge in [-0.1, -0.05) is 17.7 Å². The molecule has 1 aliphatic rings. The fourth-order valence-electron chi connectivity index (χ4n) is 3.71. The number of rotatable bonds is 6. The first-order chi connectivity index (χ1) is 16.4. The number of benzene rings is 3. The summed E-state index contributed by atoms with van der Waals surface area (Å²) in [6, 6.07) is 13.7. The molecule has 1 aliphatic heterocycles. The van der Waals surface area contributed by atoms with E-state index < -0.39 is 5.97 Å². The Labute approximate surface area is 197 Å². The maximum atomic E-state index is 13.0.